The third-order valence-electron chi connectivity index (χ3n) is 5.55. The van der Waals surface area contributed by atoms with Crippen molar-refractivity contribution in [2.75, 3.05) is 31.4 Å². The Kier molecular flexibility index (Phi) is 6.25. The van der Waals surface area contributed by atoms with Gasteiger partial charge in [-0.15, -0.1) is 0 Å². The van der Waals surface area contributed by atoms with Crippen LogP contribution in [0.15, 0.2) is 58.5 Å². The van der Waals surface area contributed by atoms with Gasteiger partial charge in [0.05, 0.1) is 41.0 Å². The second-order valence-corrected chi connectivity index (χ2v) is 10.7. The highest BCUT2D eigenvalue weighted by atomic mass is 32.2. The maximum Gasteiger partial charge on any atom is 0.266 e. The monoisotopic (exact) mass is 473 g/mol. The van der Waals surface area contributed by atoms with Crippen molar-refractivity contribution in [3.05, 3.63) is 58.9 Å². The summed E-state index contributed by atoms with van der Waals surface area (Å²) in [5.74, 6) is 0.397. The van der Waals surface area contributed by atoms with Crippen LogP contribution in [-0.4, -0.2) is 66.2 Å². The number of benzene rings is 2. The number of fused-ring (bicyclic) bond motifs is 1. The van der Waals surface area contributed by atoms with Gasteiger partial charge in [-0.3, -0.25) is 14.2 Å². The molecule has 0 radical (unpaired) electrons. The molecule has 4 rings (SSSR count). The van der Waals surface area contributed by atoms with E-state index < -0.39 is 9.84 Å². The molecule has 32 heavy (non-hydrogen) atoms. The standard InChI is InChI=1S/C22H23N3O5S2/c1-24(15-11-12-32(28,29)14-15)20(26)13-31-22-23-17-8-4-3-7-16(17)21(27)25(22)18-9-5-6-10-19(18)30-2/h3-10,15H,11-14H2,1-2H3/t15-/m1/s1. The molecule has 0 bridgehead atoms. The van der Waals surface area contributed by atoms with Crippen LogP contribution in [0.1, 0.15) is 6.42 Å². The summed E-state index contributed by atoms with van der Waals surface area (Å²) in [6.07, 6.45) is 0.440. The van der Waals surface area contributed by atoms with Crippen molar-refractivity contribution < 1.29 is 17.9 Å². The fourth-order valence-corrected chi connectivity index (χ4v) is 6.45. The minimum Gasteiger partial charge on any atom is -0.495 e. The van der Waals surface area contributed by atoms with E-state index in [0.29, 0.717) is 33.9 Å². The number of aromatic nitrogens is 2. The molecule has 1 aliphatic rings. The Balaban J connectivity index is 1.69. The fraction of sp³-hybridized carbons (Fsp3) is 0.318. The van der Waals surface area contributed by atoms with Crippen molar-refractivity contribution in [1.82, 2.24) is 14.5 Å². The molecule has 168 valence electrons. The van der Waals surface area contributed by atoms with E-state index in [2.05, 4.69) is 4.98 Å². The van der Waals surface area contributed by atoms with Crippen LogP contribution in [0, 0.1) is 0 Å². The number of hydrogen-bond donors (Lipinski definition) is 0. The number of carbonyl (C=O) groups is 1. The third kappa shape index (κ3) is 4.37. The zero-order chi connectivity index (χ0) is 22.9. The van der Waals surface area contributed by atoms with Gasteiger partial charge >= 0.3 is 0 Å². The highest BCUT2D eigenvalue weighted by molar-refractivity contribution is 7.99. The van der Waals surface area contributed by atoms with Crippen molar-refractivity contribution in [3.8, 4) is 11.4 Å². The molecule has 2 aromatic carbocycles. The predicted octanol–water partition coefficient (Wildman–Crippen LogP) is 2.13. The normalized spacial score (nSPS) is 17.4. The molecule has 1 aliphatic heterocycles. The van der Waals surface area contributed by atoms with Gasteiger partial charge in [-0.2, -0.15) is 0 Å². The minimum absolute atomic E-state index is 0.0138. The van der Waals surface area contributed by atoms with Gasteiger partial charge in [-0.05, 0) is 30.7 Å². The van der Waals surface area contributed by atoms with Crippen LogP contribution < -0.4 is 10.3 Å². The van der Waals surface area contributed by atoms with E-state index in [4.69, 9.17) is 4.74 Å². The van der Waals surface area contributed by atoms with Gasteiger partial charge < -0.3 is 9.64 Å². The van der Waals surface area contributed by atoms with Crippen LogP contribution in [0.3, 0.4) is 0 Å². The molecule has 1 amide bonds. The van der Waals surface area contributed by atoms with E-state index >= 15 is 0 Å². The van der Waals surface area contributed by atoms with Crippen LogP contribution in [0.2, 0.25) is 0 Å². The molecule has 1 fully saturated rings. The minimum atomic E-state index is -3.09. The molecule has 1 atom stereocenters. The zero-order valence-electron chi connectivity index (χ0n) is 17.7. The van der Waals surface area contributed by atoms with Gasteiger partial charge in [0.15, 0.2) is 15.0 Å². The lowest BCUT2D eigenvalue weighted by Gasteiger charge is -2.23. The Morgan fingerprint density at radius 1 is 1.22 bits per heavy atom. The number of nitrogens with zero attached hydrogens (tertiary/aromatic N) is 3. The molecule has 1 saturated heterocycles. The summed E-state index contributed by atoms with van der Waals surface area (Å²) >= 11 is 1.14. The summed E-state index contributed by atoms with van der Waals surface area (Å²) < 4.78 is 30.4. The van der Waals surface area contributed by atoms with Crippen LogP contribution in [-0.2, 0) is 14.6 Å². The first kappa shape index (κ1) is 22.3. The molecule has 0 saturated carbocycles. The van der Waals surface area contributed by atoms with Crippen molar-refractivity contribution in [1.29, 1.82) is 0 Å². The van der Waals surface area contributed by atoms with Crippen LogP contribution >= 0.6 is 11.8 Å². The number of sulfone groups is 1. The molecule has 0 N–H and O–H groups in total. The Morgan fingerprint density at radius 2 is 1.94 bits per heavy atom. The van der Waals surface area contributed by atoms with Gasteiger partial charge in [0.1, 0.15) is 5.75 Å². The Hall–Kier alpha value is -2.85. The SMILES string of the molecule is COc1ccccc1-n1c(SCC(=O)N(C)[C@@H]2CCS(=O)(=O)C2)nc2ccccc2c1=O. The quantitative estimate of drug-likeness (QED) is 0.400. The molecular weight excluding hydrogens is 450 g/mol. The summed E-state index contributed by atoms with van der Waals surface area (Å²) in [5, 5.41) is 0.821. The summed E-state index contributed by atoms with van der Waals surface area (Å²) in [6.45, 7) is 0. The van der Waals surface area contributed by atoms with E-state index in [-0.39, 0.29) is 34.8 Å². The van der Waals surface area contributed by atoms with Gasteiger partial charge in [-0.1, -0.05) is 36.0 Å². The summed E-state index contributed by atoms with van der Waals surface area (Å²) in [7, 11) is 0.0538. The Labute approximate surface area is 190 Å². The molecule has 0 unspecified atom stereocenters. The number of hydrogen-bond acceptors (Lipinski definition) is 7. The van der Waals surface area contributed by atoms with Crippen molar-refractivity contribution in [2.45, 2.75) is 17.6 Å². The number of carbonyl (C=O) groups excluding carboxylic acids is 1. The van der Waals surface area contributed by atoms with Crippen LogP contribution in [0.25, 0.3) is 16.6 Å². The topological polar surface area (TPSA) is 98.6 Å². The average Bonchev–Trinajstić information content (AvgIpc) is 3.16. The summed E-state index contributed by atoms with van der Waals surface area (Å²) in [6, 6.07) is 13.8. The Bertz CT molecular complexity index is 1340. The first-order chi connectivity index (χ1) is 15.3. The molecular formula is C22H23N3O5S2. The Morgan fingerprint density at radius 3 is 2.66 bits per heavy atom. The summed E-state index contributed by atoms with van der Waals surface area (Å²) in [4.78, 5) is 32.3. The first-order valence-corrected chi connectivity index (χ1v) is 12.9. The highest BCUT2D eigenvalue weighted by Gasteiger charge is 2.32. The van der Waals surface area contributed by atoms with Gasteiger partial charge in [-0.25, -0.2) is 13.4 Å². The number of amides is 1. The number of rotatable bonds is 6. The number of thioether (sulfide) groups is 1. The predicted molar refractivity (Wildman–Crippen MR) is 124 cm³/mol. The van der Waals surface area contributed by atoms with E-state index in [0.717, 1.165) is 11.8 Å². The summed E-state index contributed by atoms with van der Waals surface area (Å²) in [5.41, 5.74) is 0.808. The molecule has 0 aliphatic carbocycles. The van der Waals surface area contributed by atoms with E-state index in [9.17, 15) is 18.0 Å². The zero-order valence-corrected chi connectivity index (χ0v) is 19.4. The number of methoxy groups -OCH3 is 1. The lowest BCUT2D eigenvalue weighted by Crippen LogP contribution is -2.39. The number of ether oxygens (including phenoxy) is 1. The number of para-hydroxylation sites is 3. The lowest BCUT2D eigenvalue weighted by atomic mass is 10.2. The van der Waals surface area contributed by atoms with Crippen molar-refractivity contribution in [2.24, 2.45) is 0 Å². The van der Waals surface area contributed by atoms with Gasteiger partial charge in [0.2, 0.25) is 5.91 Å². The fourth-order valence-electron chi connectivity index (χ4n) is 3.75. The van der Waals surface area contributed by atoms with E-state index in [1.54, 1.807) is 49.5 Å². The van der Waals surface area contributed by atoms with Crippen LogP contribution in [0.5, 0.6) is 5.75 Å². The third-order valence-corrected chi connectivity index (χ3v) is 8.22. The van der Waals surface area contributed by atoms with E-state index in [1.165, 1.54) is 16.6 Å². The van der Waals surface area contributed by atoms with Crippen LogP contribution in [0.4, 0.5) is 0 Å². The average molecular weight is 474 g/mol. The molecule has 0 spiro atoms. The molecule has 1 aromatic heterocycles. The second-order valence-electron chi connectivity index (χ2n) is 7.57. The second kappa shape index (κ2) is 8.95. The lowest BCUT2D eigenvalue weighted by molar-refractivity contribution is -0.128. The van der Waals surface area contributed by atoms with Crippen molar-refractivity contribution >= 4 is 38.4 Å². The van der Waals surface area contributed by atoms with E-state index in [1.807, 2.05) is 6.07 Å². The van der Waals surface area contributed by atoms with Gasteiger partial charge in [0, 0.05) is 13.1 Å². The molecule has 10 heteroatoms. The first-order valence-electron chi connectivity index (χ1n) is 10.0. The highest BCUT2D eigenvalue weighted by Crippen LogP contribution is 2.27. The van der Waals surface area contributed by atoms with Crippen molar-refractivity contribution in [3.63, 3.8) is 0 Å². The smallest absolute Gasteiger partial charge is 0.266 e. The molecule has 8 nitrogen and oxygen atoms in total. The maximum atomic E-state index is 13.4. The molecule has 2 heterocycles. The largest absolute Gasteiger partial charge is 0.495 e. The molecule has 3 aromatic rings. The maximum absolute atomic E-state index is 13.4. The van der Waals surface area contributed by atoms with Gasteiger partial charge in [0.25, 0.3) is 5.56 Å².